The van der Waals surface area contributed by atoms with Gasteiger partial charge < -0.3 is 14.6 Å². The number of ether oxygens (including phenoxy) is 2. The number of ketones is 1. The van der Waals surface area contributed by atoms with E-state index < -0.39 is 29.7 Å². The highest BCUT2D eigenvalue weighted by Gasteiger charge is 2.67. The fourth-order valence-electron chi connectivity index (χ4n) is 10.1. The highest BCUT2D eigenvalue weighted by Crippen LogP contribution is 2.72. The second-order valence-electron chi connectivity index (χ2n) is 14.2. The average molecular weight is 531 g/mol. The first-order valence-corrected chi connectivity index (χ1v) is 14.9. The van der Waals surface area contributed by atoms with Crippen LogP contribution >= 0.6 is 0 Å². The van der Waals surface area contributed by atoms with Gasteiger partial charge in [0.25, 0.3) is 0 Å². The molecular weight excluding hydrogens is 480 g/mol. The molecule has 0 heterocycles. The summed E-state index contributed by atoms with van der Waals surface area (Å²) in [5.41, 5.74) is 0.297. The first-order chi connectivity index (χ1) is 17.6. The van der Waals surface area contributed by atoms with E-state index in [2.05, 4.69) is 34.6 Å². The topological polar surface area (TPSA) is 89.9 Å². The van der Waals surface area contributed by atoms with Gasteiger partial charge in [0.05, 0.1) is 12.5 Å². The molecule has 3 saturated carbocycles. The highest BCUT2D eigenvalue weighted by molar-refractivity contribution is 5.94. The van der Waals surface area contributed by atoms with Crippen molar-refractivity contribution < 1.29 is 29.0 Å². The summed E-state index contributed by atoms with van der Waals surface area (Å²) in [6, 6.07) is 0. The first kappa shape index (κ1) is 29.3. The molecule has 0 aromatic heterocycles. The number of rotatable bonds is 6. The fourth-order valence-corrected chi connectivity index (χ4v) is 10.1. The number of hydrogen-bond donors (Lipinski definition) is 1. The lowest BCUT2D eigenvalue weighted by Crippen LogP contribution is -2.65. The van der Waals surface area contributed by atoms with Gasteiger partial charge in [-0.2, -0.15) is 0 Å². The minimum atomic E-state index is -0.792. The molecule has 214 valence electrons. The molecular formula is C32H50O6. The molecule has 0 saturated heterocycles. The molecule has 0 aromatic rings. The van der Waals surface area contributed by atoms with E-state index in [0.29, 0.717) is 29.2 Å². The third-order valence-corrected chi connectivity index (χ3v) is 11.9. The van der Waals surface area contributed by atoms with Crippen molar-refractivity contribution in [3.8, 4) is 0 Å². The number of aliphatic hydroxyl groups excluding tert-OH is 1. The number of aliphatic hydroxyl groups is 1. The summed E-state index contributed by atoms with van der Waals surface area (Å²) in [7, 11) is 0. The van der Waals surface area contributed by atoms with Gasteiger partial charge in [0.1, 0.15) is 12.2 Å². The van der Waals surface area contributed by atoms with E-state index in [1.165, 1.54) is 46.0 Å². The third-order valence-electron chi connectivity index (χ3n) is 11.9. The quantitative estimate of drug-likeness (QED) is 0.412. The Hall–Kier alpha value is -1.69. The predicted octanol–water partition coefficient (Wildman–Crippen LogP) is 6.19. The van der Waals surface area contributed by atoms with Crippen molar-refractivity contribution in [2.45, 2.75) is 131 Å². The van der Waals surface area contributed by atoms with E-state index >= 15 is 0 Å². The molecule has 10 atom stereocenters. The van der Waals surface area contributed by atoms with Crippen LogP contribution in [0.2, 0.25) is 0 Å². The molecule has 38 heavy (non-hydrogen) atoms. The summed E-state index contributed by atoms with van der Waals surface area (Å²) in [6.07, 6.45) is 8.57. The maximum absolute atomic E-state index is 13.2. The summed E-state index contributed by atoms with van der Waals surface area (Å²) in [5.74, 6) is 0.131. The monoisotopic (exact) mass is 530 g/mol. The molecule has 3 fully saturated rings. The molecule has 0 bridgehead atoms. The SMILES string of the molecule is CCC1(C)CCCC2(C)C1CCC1(C)C3CC(O)C(C(C)=O)=CC3(C)C(OC(=O)CC(C)OC(C)=O)CC21. The summed E-state index contributed by atoms with van der Waals surface area (Å²) in [6.45, 7) is 16.4. The number of carbonyl (C=O) groups is 3. The van der Waals surface area contributed by atoms with Crippen LogP contribution in [-0.2, 0) is 23.9 Å². The van der Waals surface area contributed by atoms with Gasteiger partial charge in [-0.1, -0.05) is 53.5 Å². The summed E-state index contributed by atoms with van der Waals surface area (Å²) < 4.78 is 11.5. The van der Waals surface area contributed by atoms with Gasteiger partial charge >= 0.3 is 11.9 Å². The molecule has 0 amide bonds. The molecule has 0 radical (unpaired) electrons. The van der Waals surface area contributed by atoms with Crippen LogP contribution in [0.1, 0.15) is 113 Å². The largest absolute Gasteiger partial charge is 0.462 e. The lowest BCUT2D eigenvalue weighted by Gasteiger charge is -2.70. The molecule has 0 aliphatic heterocycles. The van der Waals surface area contributed by atoms with Crippen molar-refractivity contribution >= 4 is 17.7 Å². The molecule has 6 nitrogen and oxygen atoms in total. The maximum Gasteiger partial charge on any atom is 0.309 e. The second kappa shape index (κ2) is 10.1. The molecule has 0 spiro atoms. The standard InChI is InChI=1S/C32H50O6/c1-9-29(5)12-10-13-30(6)24(29)11-14-31(7)25-16-23(35)22(20(3)33)18-32(25,8)27(17-26(30)31)38-28(36)15-19(2)37-21(4)34/h18-19,23-27,35H,9-17H2,1-8H3. The van der Waals surface area contributed by atoms with Crippen LogP contribution in [0, 0.1) is 39.4 Å². The van der Waals surface area contributed by atoms with Crippen LogP contribution in [0.5, 0.6) is 0 Å². The zero-order chi connectivity index (χ0) is 28.3. The Labute approximate surface area is 229 Å². The maximum atomic E-state index is 13.2. The van der Waals surface area contributed by atoms with Crippen molar-refractivity contribution in [3.63, 3.8) is 0 Å². The van der Waals surface area contributed by atoms with E-state index in [4.69, 9.17) is 9.47 Å². The summed E-state index contributed by atoms with van der Waals surface area (Å²) >= 11 is 0. The van der Waals surface area contributed by atoms with Crippen molar-refractivity contribution in [1.29, 1.82) is 0 Å². The Bertz CT molecular complexity index is 1000. The molecule has 0 aromatic carbocycles. The van der Waals surface area contributed by atoms with Crippen LogP contribution in [0.3, 0.4) is 0 Å². The van der Waals surface area contributed by atoms with Crippen molar-refractivity contribution in [1.82, 2.24) is 0 Å². The summed E-state index contributed by atoms with van der Waals surface area (Å²) in [5, 5.41) is 11.1. The fraction of sp³-hybridized carbons (Fsp3) is 0.844. The predicted molar refractivity (Wildman–Crippen MR) is 146 cm³/mol. The van der Waals surface area contributed by atoms with Gasteiger partial charge in [-0.25, -0.2) is 0 Å². The molecule has 4 aliphatic carbocycles. The Kier molecular flexibility index (Phi) is 7.75. The molecule has 10 unspecified atom stereocenters. The first-order valence-electron chi connectivity index (χ1n) is 14.9. The Morgan fingerprint density at radius 3 is 2.26 bits per heavy atom. The second-order valence-corrected chi connectivity index (χ2v) is 14.2. The summed E-state index contributed by atoms with van der Waals surface area (Å²) in [4.78, 5) is 37.1. The number of esters is 2. The van der Waals surface area contributed by atoms with E-state index in [9.17, 15) is 19.5 Å². The Morgan fingerprint density at radius 2 is 1.66 bits per heavy atom. The van der Waals surface area contributed by atoms with Crippen LogP contribution in [0.25, 0.3) is 0 Å². The molecule has 4 rings (SSSR count). The van der Waals surface area contributed by atoms with Gasteiger partial charge in [0.2, 0.25) is 0 Å². The van der Waals surface area contributed by atoms with Crippen molar-refractivity contribution in [2.75, 3.05) is 0 Å². The normalized spacial score (nSPS) is 45.0. The van der Waals surface area contributed by atoms with Gasteiger partial charge in [0, 0.05) is 17.9 Å². The minimum absolute atomic E-state index is 0.00152. The zero-order valence-electron chi connectivity index (χ0n) is 24.9. The molecule has 1 N–H and O–H groups in total. The van der Waals surface area contributed by atoms with Gasteiger partial charge in [-0.3, -0.25) is 14.4 Å². The van der Waals surface area contributed by atoms with Crippen LogP contribution in [0.4, 0.5) is 0 Å². The van der Waals surface area contributed by atoms with E-state index in [-0.39, 0.29) is 34.9 Å². The molecule has 6 heteroatoms. The van der Waals surface area contributed by atoms with Gasteiger partial charge in [-0.15, -0.1) is 0 Å². The number of hydrogen-bond acceptors (Lipinski definition) is 6. The number of fused-ring (bicyclic) bond motifs is 5. The van der Waals surface area contributed by atoms with Gasteiger partial charge in [0.15, 0.2) is 5.78 Å². The van der Waals surface area contributed by atoms with Crippen LogP contribution in [-0.4, -0.2) is 41.1 Å². The Morgan fingerprint density at radius 1 is 1.00 bits per heavy atom. The number of carbonyl (C=O) groups excluding carboxylic acids is 3. The van der Waals surface area contributed by atoms with Gasteiger partial charge in [-0.05, 0) is 86.4 Å². The van der Waals surface area contributed by atoms with Crippen LogP contribution in [0.15, 0.2) is 11.6 Å². The zero-order valence-corrected chi connectivity index (χ0v) is 24.9. The van der Waals surface area contributed by atoms with Crippen LogP contribution < -0.4 is 0 Å². The number of Topliss-reactive ketones (excluding diaryl/α,β-unsaturated/α-hetero) is 1. The smallest absolute Gasteiger partial charge is 0.309 e. The third kappa shape index (κ3) is 4.67. The lowest BCUT2D eigenvalue weighted by atomic mass is 9.35. The van der Waals surface area contributed by atoms with Crippen molar-refractivity contribution in [2.24, 2.45) is 39.4 Å². The highest BCUT2D eigenvalue weighted by atomic mass is 16.6. The van der Waals surface area contributed by atoms with E-state index in [1.807, 2.05) is 6.08 Å². The molecule has 4 aliphatic rings. The minimum Gasteiger partial charge on any atom is -0.462 e. The average Bonchev–Trinajstić information content (AvgIpc) is 2.80. The lowest BCUT2D eigenvalue weighted by molar-refractivity contribution is -0.229. The van der Waals surface area contributed by atoms with Crippen molar-refractivity contribution in [3.05, 3.63) is 11.6 Å². The van der Waals surface area contributed by atoms with E-state index in [1.54, 1.807) is 6.92 Å². The Balaban J connectivity index is 1.75. The van der Waals surface area contributed by atoms with E-state index in [0.717, 1.165) is 12.8 Å².